The fraction of sp³-hybridized carbons (Fsp3) is 0.250. The Morgan fingerprint density at radius 3 is 2.20 bits per heavy atom. The molecule has 0 amide bonds. The summed E-state index contributed by atoms with van der Waals surface area (Å²) in [6, 6.07) is 0.903. The Morgan fingerprint density at radius 2 is 1.67 bits per heavy atom. The summed E-state index contributed by atoms with van der Waals surface area (Å²) in [6.07, 6.45) is -0.667. The minimum atomic E-state index is -2.54. The quantitative estimate of drug-likeness (QED) is 0.427. The molecule has 2 N–H and O–H groups in total. The summed E-state index contributed by atoms with van der Waals surface area (Å²) in [5.74, 6) is -6.18. The highest BCUT2D eigenvalue weighted by Crippen LogP contribution is 2.18. The van der Waals surface area contributed by atoms with Crippen molar-refractivity contribution in [3.05, 3.63) is 35.1 Å². The van der Waals surface area contributed by atoms with Crippen LogP contribution in [0.1, 0.15) is 5.56 Å². The second-order valence-corrected chi connectivity index (χ2v) is 3.39. The van der Waals surface area contributed by atoms with E-state index in [1.807, 2.05) is 0 Å². The third-order valence-corrected chi connectivity index (χ3v) is 2.49. The Morgan fingerprint density at radius 1 is 1.13 bits per heavy atom. The van der Waals surface area contributed by atoms with Gasteiger partial charge in [0.2, 0.25) is 0 Å². The van der Waals surface area contributed by atoms with Gasteiger partial charge in [-0.2, -0.15) is 0 Å². The fourth-order valence-electron chi connectivity index (χ4n) is 1.02. The van der Waals surface area contributed by atoms with Crippen molar-refractivity contribution in [2.24, 2.45) is 0 Å². The first-order chi connectivity index (χ1) is 6.85. The van der Waals surface area contributed by atoms with Crippen LogP contribution in [0.25, 0.3) is 0 Å². The first kappa shape index (κ1) is 12.2. The molecule has 0 radical (unpaired) electrons. The van der Waals surface area contributed by atoms with E-state index >= 15 is 0 Å². The summed E-state index contributed by atoms with van der Waals surface area (Å²) in [7, 11) is 0.0123. The first-order valence-electron chi connectivity index (χ1n) is 3.99. The maximum Gasteiger partial charge on any atom is 0.271 e. The molecule has 0 heterocycles. The van der Waals surface area contributed by atoms with Crippen molar-refractivity contribution in [3.63, 3.8) is 0 Å². The SMILES string of the molecule is OC(O)(Cc1cc(F)c(F)cc1F)O[SiH3]. The number of rotatable bonds is 3. The van der Waals surface area contributed by atoms with E-state index in [4.69, 9.17) is 10.2 Å². The standard InChI is InChI=1S/C8H9F3O3Si/c9-5-2-7(11)6(10)1-4(5)3-8(12,13)14-15/h1-2,12-13H,3H2,15H3. The monoisotopic (exact) mass is 238 g/mol. The lowest BCUT2D eigenvalue weighted by atomic mass is 10.1. The molecular formula is C8H9F3O3Si. The maximum atomic E-state index is 13.0. The van der Waals surface area contributed by atoms with Gasteiger partial charge in [-0.1, -0.05) is 0 Å². The molecule has 0 aliphatic heterocycles. The molecule has 1 aromatic rings. The number of benzene rings is 1. The Hall–Kier alpha value is -0.893. The van der Waals surface area contributed by atoms with Gasteiger partial charge in [0.05, 0.1) is 6.42 Å². The predicted molar refractivity (Wildman–Crippen MR) is 48.2 cm³/mol. The highest BCUT2D eigenvalue weighted by atomic mass is 28.2. The van der Waals surface area contributed by atoms with Crippen LogP contribution in [0.3, 0.4) is 0 Å². The van der Waals surface area contributed by atoms with Gasteiger partial charge in [-0.25, -0.2) is 13.2 Å². The van der Waals surface area contributed by atoms with E-state index in [2.05, 4.69) is 4.43 Å². The van der Waals surface area contributed by atoms with Crippen molar-refractivity contribution in [3.8, 4) is 0 Å². The summed E-state index contributed by atoms with van der Waals surface area (Å²) >= 11 is 0. The van der Waals surface area contributed by atoms with Crippen molar-refractivity contribution in [2.45, 2.75) is 12.4 Å². The Balaban J connectivity index is 3.01. The van der Waals surface area contributed by atoms with E-state index in [-0.39, 0.29) is 16.0 Å². The Bertz CT molecular complexity index is 370. The molecule has 7 heteroatoms. The fourth-order valence-corrected chi connectivity index (χ4v) is 1.16. The van der Waals surface area contributed by atoms with Gasteiger partial charge in [-0.05, 0) is 11.6 Å². The summed E-state index contributed by atoms with van der Waals surface area (Å²) in [5.41, 5.74) is -0.366. The molecule has 0 atom stereocenters. The van der Waals surface area contributed by atoms with Crippen molar-refractivity contribution < 1.29 is 27.8 Å². The number of aliphatic hydroxyl groups is 2. The molecule has 84 valence electrons. The van der Waals surface area contributed by atoms with Gasteiger partial charge in [-0.3, -0.25) is 0 Å². The molecule has 1 aromatic carbocycles. The molecule has 0 fully saturated rings. The lowest BCUT2D eigenvalue weighted by Crippen LogP contribution is -2.34. The van der Waals surface area contributed by atoms with Gasteiger partial charge in [0, 0.05) is 6.07 Å². The summed E-state index contributed by atoms with van der Waals surface area (Å²) in [4.78, 5) is 0. The molecule has 3 nitrogen and oxygen atoms in total. The predicted octanol–water partition coefficient (Wildman–Crippen LogP) is -0.418. The molecule has 0 bridgehead atoms. The zero-order valence-electron chi connectivity index (χ0n) is 7.80. The average molecular weight is 238 g/mol. The molecule has 0 aliphatic carbocycles. The molecule has 15 heavy (non-hydrogen) atoms. The number of hydrogen-bond donors (Lipinski definition) is 2. The van der Waals surface area contributed by atoms with E-state index in [1.54, 1.807) is 0 Å². The van der Waals surface area contributed by atoms with Crippen molar-refractivity contribution in [2.75, 3.05) is 0 Å². The second kappa shape index (κ2) is 4.31. The highest BCUT2D eigenvalue weighted by molar-refractivity contribution is 5.98. The zero-order valence-corrected chi connectivity index (χ0v) is 9.80. The van der Waals surface area contributed by atoms with Gasteiger partial charge in [0.15, 0.2) is 22.1 Å². The van der Waals surface area contributed by atoms with Crippen LogP contribution in [0.2, 0.25) is 0 Å². The molecule has 0 saturated carbocycles. The van der Waals surface area contributed by atoms with Crippen LogP contribution < -0.4 is 0 Å². The smallest absolute Gasteiger partial charge is 0.271 e. The van der Waals surface area contributed by atoms with E-state index in [0.29, 0.717) is 12.1 Å². The largest absolute Gasteiger partial charge is 0.380 e. The van der Waals surface area contributed by atoms with E-state index in [0.717, 1.165) is 0 Å². The summed E-state index contributed by atoms with van der Waals surface area (Å²) in [5, 5.41) is 18.1. The minimum Gasteiger partial charge on any atom is -0.380 e. The van der Waals surface area contributed by atoms with E-state index in [1.165, 1.54) is 0 Å². The number of halogens is 3. The van der Waals surface area contributed by atoms with Crippen LogP contribution in [0.15, 0.2) is 12.1 Å². The molecule has 0 saturated heterocycles. The van der Waals surface area contributed by atoms with Gasteiger partial charge < -0.3 is 14.6 Å². The topological polar surface area (TPSA) is 49.7 Å². The molecular weight excluding hydrogens is 229 g/mol. The van der Waals surface area contributed by atoms with Gasteiger partial charge in [0.25, 0.3) is 5.97 Å². The van der Waals surface area contributed by atoms with Gasteiger partial charge in [0.1, 0.15) is 5.82 Å². The van der Waals surface area contributed by atoms with E-state index < -0.39 is 29.8 Å². The van der Waals surface area contributed by atoms with Crippen molar-refractivity contribution >= 4 is 10.5 Å². The molecule has 0 aliphatic rings. The highest BCUT2D eigenvalue weighted by Gasteiger charge is 2.24. The van der Waals surface area contributed by atoms with Crippen LogP contribution in [0.4, 0.5) is 13.2 Å². The first-order valence-corrected chi connectivity index (χ1v) is 4.80. The van der Waals surface area contributed by atoms with Crippen LogP contribution in [0.5, 0.6) is 0 Å². The lowest BCUT2D eigenvalue weighted by molar-refractivity contribution is -0.290. The zero-order chi connectivity index (χ0) is 11.6. The maximum absolute atomic E-state index is 13.0. The van der Waals surface area contributed by atoms with Crippen LogP contribution in [0, 0.1) is 17.5 Å². The third kappa shape index (κ3) is 3.03. The Kier molecular flexibility index (Phi) is 3.50. The molecule has 0 spiro atoms. The van der Waals surface area contributed by atoms with Crippen molar-refractivity contribution in [1.29, 1.82) is 0 Å². The average Bonchev–Trinajstić information content (AvgIpc) is 2.14. The van der Waals surface area contributed by atoms with Crippen LogP contribution in [-0.4, -0.2) is 26.7 Å². The van der Waals surface area contributed by atoms with Gasteiger partial charge in [-0.15, -0.1) is 0 Å². The van der Waals surface area contributed by atoms with E-state index in [9.17, 15) is 13.2 Å². The molecule has 0 unspecified atom stereocenters. The van der Waals surface area contributed by atoms with Crippen LogP contribution in [-0.2, 0) is 10.8 Å². The van der Waals surface area contributed by atoms with Gasteiger partial charge >= 0.3 is 0 Å². The summed E-state index contributed by atoms with van der Waals surface area (Å²) < 4.78 is 42.6. The molecule has 0 aromatic heterocycles. The normalized spacial score (nSPS) is 12.1. The third-order valence-electron chi connectivity index (χ3n) is 1.84. The number of hydrogen-bond acceptors (Lipinski definition) is 3. The molecule has 1 rings (SSSR count). The van der Waals surface area contributed by atoms with Crippen LogP contribution >= 0.6 is 0 Å². The minimum absolute atomic E-state index is 0.0123. The summed E-state index contributed by atoms with van der Waals surface area (Å²) in [6.45, 7) is 0. The Labute approximate surface area is 86.7 Å². The lowest BCUT2D eigenvalue weighted by Gasteiger charge is -2.20. The second-order valence-electron chi connectivity index (χ2n) is 2.98. The van der Waals surface area contributed by atoms with Crippen molar-refractivity contribution in [1.82, 2.24) is 0 Å².